The van der Waals surface area contributed by atoms with Gasteiger partial charge in [-0.05, 0) is 30.5 Å². The first-order chi connectivity index (χ1) is 14.6. The molecular weight excluding hydrogens is 386 g/mol. The Morgan fingerprint density at radius 1 is 1.17 bits per heavy atom. The Hall–Kier alpha value is -3.49. The molecule has 3 aromatic rings. The second-order valence-electron chi connectivity index (χ2n) is 7.39. The highest BCUT2D eigenvalue weighted by molar-refractivity contribution is 5.78. The Morgan fingerprint density at radius 2 is 1.93 bits per heavy atom. The molecule has 0 radical (unpaired) electrons. The second kappa shape index (κ2) is 8.48. The zero-order chi connectivity index (χ0) is 21.1. The third-order valence-electron chi connectivity index (χ3n) is 5.34. The standard InChI is InChI=1S/C21H23N5O4/c1-30-16-8-4-5-14(11-16)12-26-20(28)18-19(23-10-9-22-18)25(21(26)29)13-17(27)24-15-6-2-3-7-15/h4-5,8-11,15H,2-3,6-7,12-13H2,1H3,(H,24,27). The van der Waals surface area contributed by atoms with Crippen LogP contribution in [-0.2, 0) is 17.9 Å². The Labute approximate surface area is 172 Å². The van der Waals surface area contributed by atoms with Crippen LogP contribution in [0, 0.1) is 0 Å². The topological polar surface area (TPSA) is 108 Å². The molecule has 1 aromatic carbocycles. The molecule has 0 atom stereocenters. The van der Waals surface area contributed by atoms with Gasteiger partial charge in [0, 0.05) is 18.4 Å². The molecule has 1 N–H and O–H groups in total. The molecular formula is C21H23N5O4. The summed E-state index contributed by atoms with van der Waals surface area (Å²) in [7, 11) is 1.55. The van der Waals surface area contributed by atoms with E-state index in [1.165, 1.54) is 17.0 Å². The lowest BCUT2D eigenvalue weighted by Gasteiger charge is -2.15. The predicted molar refractivity (Wildman–Crippen MR) is 111 cm³/mol. The Kier molecular flexibility index (Phi) is 5.60. The quantitative estimate of drug-likeness (QED) is 0.652. The SMILES string of the molecule is COc1cccc(Cn2c(=O)c3nccnc3n(CC(=O)NC3CCCC3)c2=O)c1. The van der Waals surface area contributed by atoms with Gasteiger partial charge in [-0.1, -0.05) is 25.0 Å². The molecule has 0 spiro atoms. The first-order valence-corrected chi connectivity index (χ1v) is 9.93. The minimum absolute atomic E-state index is 0.0334. The van der Waals surface area contributed by atoms with Crippen LogP contribution in [0.3, 0.4) is 0 Å². The summed E-state index contributed by atoms with van der Waals surface area (Å²) in [6.07, 6.45) is 6.86. The van der Waals surface area contributed by atoms with Crippen molar-refractivity contribution in [3.05, 3.63) is 63.1 Å². The summed E-state index contributed by atoms with van der Waals surface area (Å²) in [4.78, 5) is 47.0. The summed E-state index contributed by atoms with van der Waals surface area (Å²) in [5.41, 5.74) is -0.265. The van der Waals surface area contributed by atoms with Crippen molar-refractivity contribution in [3.63, 3.8) is 0 Å². The summed E-state index contributed by atoms with van der Waals surface area (Å²) >= 11 is 0. The van der Waals surface area contributed by atoms with E-state index in [9.17, 15) is 14.4 Å². The average molecular weight is 409 g/mol. The lowest BCUT2D eigenvalue weighted by Crippen LogP contribution is -2.44. The zero-order valence-corrected chi connectivity index (χ0v) is 16.7. The maximum absolute atomic E-state index is 13.2. The molecule has 0 bridgehead atoms. The van der Waals surface area contributed by atoms with E-state index in [1.807, 2.05) is 0 Å². The van der Waals surface area contributed by atoms with Gasteiger partial charge >= 0.3 is 5.69 Å². The van der Waals surface area contributed by atoms with E-state index < -0.39 is 11.2 Å². The number of hydrogen-bond acceptors (Lipinski definition) is 6. The number of amides is 1. The van der Waals surface area contributed by atoms with E-state index in [1.54, 1.807) is 31.4 Å². The van der Waals surface area contributed by atoms with E-state index in [4.69, 9.17) is 4.74 Å². The average Bonchev–Trinajstić information content (AvgIpc) is 3.27. The fourth-order valence-electron chi connectivity index (χ4n) is 3.85. The monoisotopic (exact) mass is 409 g/mol. The van der Waals surface area contributed by atoms with E-state index in [-0.39, 0.29) is 36.2 Å². The highest BCUT2D eigenvalue weighted by Gasteiger charge is 2.20. The van der Waals surface area contributed by atoms with Gasteiger partial charge in [-0.15, -0.1) is 0 Å². The predicted octanol–water partition coefficient (Wildman–Crippen LogP) is 1.07. The van der Waals surface area contributed by atoms with Gasteiger partial charge in [0.15, 0.2) is 11.2 Å². The summed E-state index contributed by atoms with van der Waals surface area (Å²) in [6, 6.07) is 7.25. The largest absolute Gasteiger partial charge is 0.497 e. The Morgan fingerprint density at radius 3 is 2.70 bits per heavy atom. The van der Waals surface area contributed by atoms with Crippen molar-refractivity contribution in [1.82, 2.24) is 24.4 Å². The first kappa shape index (κ1) is 19.8. The van der Waals surface area contributed by atoms with E-state index in [0.29, 0.717) is 5.75 Å². The highest BCUT2D eigenvalue weighted by atomic mass is 16.5. The molecule has 2 aromatic heterocycles. The number of nitrogens with one attached hydrogen (secondary N) is 1. The molecule has 2 heterocycles. The Balaban J connectivity index is 1.74. The normalized spacial score (nSPS) is 14.2. The van der Waals surface area contributed by atoms with Crippen LogP contribution in [0.5, 0.6) is 5.75 Å². The van der Waals surface area contributed by atoms with Crippen LogP contribution in [-0.4, -0.2) is 38.2 Å². The van der Waals surface area contributed by atoms with Crippen molar-refractivity contribution in [2.75, 3.05) is 7.11 Å². The molecule has 0 aliphatic heterocycles. The fraction of sp³-hybridized carbons (Fsp3) is 0.381. The summed E-state index contributed by atoms with van der Waals surface area (Å²) < 4.78 is 7.51. The van der Waals surface area contributed by atoms with Gasteiger partial charge in [-0.3, -0.25) is 18.7 Å². The van der Waals surface area contributed by atoms with Gasteiger partial charge in [0.2, 0.25) is 5.91 Å². The number of nitrogens with zero attached hydrogens (tertiary/aromatic N) is 4. The van der Waals surface area contributed by atoms with Crippen molar-refractivity contribution in [2.45, 2.75) is 44.8 Å². The van der Waals surface area contributed by atoms with Gasteiger partial charge in [0.1, 0.15) is 12.3 Å². The van der Waals surface area contributed by atoms with Crippen LogP contribution in [0.25, 0.3) is 11.2 Å². The number of aromatic nitrogens is 4. The summed E-state index contributed by atoms with van der Waals surface area (Å²) in [5, 5.41) is 2.97. The number of ether oxygens (including phenoxy) is 1. The molecule has 0 unspecified atom stereocenters. The minimum Gasteiger partial charge on any atom is -0.497 e. The molecule has 0 saturated heterocycles. The maximum Gasteiger partial charge on any atom is 0.333 e. The van der Waals surface area contributed by atoms with Gasteiger partial charge in [-0.2, -0.15) is 0 Å². The van der Waals surface area contributed by atoms with Crippen molar-refractivity contribution >= 4 is 17.1 Å². The van der Waals surface area contributed by atoms with E-state index in [2.05, 4.69) is 15.3 Å². The number of carbonyl (C=O) groups excluding carboxylic acids is 1. The van der Waals surface area contributed by atoms with Gasteiger partial charge in [0.05, 0.1) is 13.7 Å². The molecule has 1 amide bonds. The molecule has 9 heteroatoms. The van der Waals surface area contributed by atoms with Crippen LogP contribution < -0.4 is 21.3 Å². The van der Waals surface area contributed by atoms with Crippen LogP contribution in [0.1, 0.15) is 31.2 Å². The highest BCUT2D eigenvalue weighted by Crippen LogP contribution is 2.17. The number of carbonyl (C=O) groups is 1. The number of benzene rings is 1. The van der Waals surface area contributed by atoms with Gasteiger partial charge in [-0.25, -0.2) is 14.8 Å². The first-order valence-electron chi connectivity index (χ1n) is 9.93. The lowest BCUT2D eigenvalue weighted by molar-refractivity contribution is -0.122. The van der Waals surface area contributed by atoms with Crippen LogP contribution in [0.4, 0.5) is 0 Å². The van der Waals surface area contributed by atoms with Crippen LogP contribution >= 0.6 is 0 Å². The summed E-state index contributed by atoms with van der Waals surface area (Å²) in [6.45, 7) is -0.186. The second-order valence-corrected chi connectivity index (χ2v) is 7.39. The number of fused-ring (bicyclic) bond motifs is 1. The molecule has 1 aliphatic carbocycles. The molecule has 9 nitrogen and oxygen atoms in total. The lowest BCUT2D eigenvalue weighted by atomic mass is 10.2. The van der Waals surface area contributed by atoms with E-state index >= 15 is 0 Å². The Bertz CT molecular complexity index is 1190. The van der Waals surface area contributed by atoms with Crippen molar-refractivity contribution in [3.8, 4) is 5.75 Å². The number of rotatable bonds is 6. The molecule has 156 valence electrons. The molecule has 1 fully saturated rings. The molecule has 30 heavy (non-hydrogen) atoms. The maximum atomic E-state index is 13.2. The third-order valence-corrected chi connectivity index (χ3v) is 5.34. The number of hydrogen-bond donors (Lipinski definition) is 1. The van der Waals surface area contributed by atoms with Gasteiger partial charge < -0.3 is 10.1 Å². The minimum atomic E-state index is -0.600. The van der Waals surface area contributed by atoms with E-state index in [0.717, 1.165) is 35.8 Å². The summed E-state index contributed by atoms with van der Waals surface area (Å²) in [5.74, 6) is 0.347. The fourth-order valence-corrected chi connectivity index (χ4v) is 3.85. The van der Waals surface area contributed by atoms with Crippen molar-refractivity contribution in [2.24, 2.45) is 0 Å². The molecule has 1 saturated carbocycles. The van der Waals surface area contributed by atoms with Gasteiger partial charge in [0.25, 0.3) is 5.56 Å². The van der Waals surface area contributed by atoms with Crippen LogP contribution in [0.15, 0.2) is 46.2 Å². The zero-order valence-electron chi connectivity index (χ0n) is 16.7. The molecule has 4 rings (SSSR count). The smallest absolute Gasteiger partial charge is 0.333 e. The van der Waals surface area contributed by atoms with Crippen molar-refractivity contribution in [1.29, 1.82) is 0 Å². The molecule has 1 aliphatic rings. The van der Waals surface area contributed by atoms with Crippen LogP contribution in [0.2, 0.25) is 0 Å². The van der Waals surface area contributed by atoms with Crippen molar-refractivity contribution < 1.29 is 9.53 Å². The third kappa shape index (κ3) is 3.96. The number of methoxy groups -OCH3 is 1.